The fourth-order valence-corrected chi connectivity index (χ4v) is 4.01. The number of rotatable bonds is 10. The summed E-state index contributed by atoms with van der Waals surface area (Å²) in [4.78, 5) is 12.5. The number of anilines is 1. The maximum Gasteiger partial charge on any atom is 0.176 e. The SMILES string of the molecule is CCCCCCCCC[C@@]1(n2cnc3c(N)ncnc32)O[C@H](CO)[C@@H](O)[C@H]1O. The molecule has 0 saturated carbocycles. The second-order valence-corrected chi connectivity index (χ2v) is 7.54. The van der Waals surface area contributed by atoms with E-state index in [9.17, 15) is 15.3 Å². The molecule has 9 heteroatoms. The molecule has 2 aromatic heterocycles. The molecule has 0 radical (unpaired) electrons. The van der Waals surface area contributed by atoms with E-state index in [1.807, 2.05) is 0 Å². The number of aromatic nitrogens is 4. The highest BCUT2D eigenvalue weighted by Gasteiger charge is 2.55. The fourth-order valence-electron chi connectivity index (χ4n) is 4.01. The van der Waals surface area contributed by atoms with Crippen LogP contribution in [0.5, 0.6) is 0 Å². The highest BCUT2D eigenvalue weighted by atomic mass is 16.6. The standard InChI is InChI=1S/C19H31N5O4/c1-2-3-4-5-6-7-8-9-19(16(27)15(26)13(10-25)28-19)24-12-23-14-17(20)21-11-22-18(14)24/h11-13,15-16,25-27H,2-10H2,1H3,(H2,20,21,22)/t13-,15-,16-,19-/m1/s1. The molecule has 1 aliphatic rings. The Morgan fingerprint density at radius 3 is 2.50 bits per heavy atom. The van der Waals surface area contributed by atoms with E-state index in [0.29, 0.717) is 17.6 Å². The molecule has 4 atom stereocenters. The second kappa shape index (κ2) is 9.13. The predicted molar refractivity (Wildman–Crippen MR) is 104 cm³/mol. The van der Waals surface area contributed by atoms with Gasteiger partial charge in [-0.15, -0.1) is 0 Å². The van der Waals surface area contributed by atoms with E-state index in [-0.39, 0.29) is 12.4 Å². The second-order valence-electron chi connectivity index (χ2n) is 7.54. The van der Waals surface area contributed by atoms with E-state index < -0.39 is 24.0 Å². The molecule has 0 spiro atoms. The van der Waals surface area contributed by atoms with E-state index in [1.165, 1.54) is 38.3 Å². The lowest BCUT2D eigenvalue weighted by atomic mass is 9.95. The van der Waals surface area contributed by atoms with Gasteiger partial charge >= 0.3 is 0 Å². The van der Waals surface area contributed by atoms with Gasteiger partial charge in [0, 0.05) is 0 Å². The van der Waals surface area contributed by atoms with Gasteiger partial charge in [-0.05, 0) is 12.8 Å². The van der Waals surface area contributed by atoms with Gasteiger partial charge in [0.1, 0.15) is 30.2 Å². The Morgan fingerprint density at radius 2 is 1.82 bits per heavy atom. The molecule has 156 valence electrons. The van der Waals surface area contributed by atoms with Crippen LogP contribution in [-0.2, 0) is 10.5 Å². The number of nitrogens with zero attached hydrogens (tertiary/aromatic N) is 4. The number of unbranched alkanes of at least 4 members (excludes halogenated alkanes) is 6. The minimum Gasteiger partial charge on any atom is -0.394 e. The van der Waals surface area contributed by atoms with Gasteiger partial charge in [0.25, 0.3) is 0 Å². The van der Waals surface area contributed by atoms with Crippen molar-refractivity contribution in [2.75, 3.05) is 12.3 Å². The molecular weight excluding hydrogens is 362 g/mol. The first-order valence-corrected chi connectivity index (χ1v) is 10.1. The lowest BCUT2D eigenvalue weighted by Gasteiger charge is -2.34. The smallest absolute Gasteiger partial charge is 0.176 e. The highest BCUT2D eigenvalue weighted by molar-refractivity contribution is 5.81. The zero-order valence-electron chi connectivity index (χ0n) is 16.4. The Kier molecular flexibility index (Phi) is 6.82. The number of fused-ring (bicyclic) bond motifs is 1. The number of nitrogens with two attached hydrogens (primary N) is 1. The summed E-state index contributed by atoms with van der Waals surface area (Å²) >= 11 is 0. The summed E-state index contributed by atoms with van der Waals surface area (Å²) < 4.78 is 7.66. The predicted octanol–water partition coefficient (Wildman–Crippen LogP) is 1.31. The number of ether oxygens (including phenoxy) is 1. The summed E-state index contributed by atoms with van der Waals surface area (Å²) in [5.74, 6) is 0.238. The molecule has 1 fully saturated rings. The number of nitrogen functional groups attached to an aromatic ring is 1. The summed E-state index contributed by atoms with van der Waals surface area (Å²) in [6.07, 6.45) is 7.77. The normalized spacial score (nSPS) is 27.6. The third kappa shape index (κ3) is 3.84. The maximum atomic E-state index is 10.9. The zero-order chi connectivity index (χ0) is 20.1. The summed E-state index contributed by atoms with van der Waals surface area (Å²) in [5.41, 5.74) is 5.48. The van der Waals surface area contributed by atoms with Gasteiger partial charge in [-0.2, -0.15) is 0 Å². The van der Waals surface area contributed by atoms with Crippen molar-refractivity contribution in [2.24, 2.45) is 0 Å². The molecule has 28 heavy (non-hydrogen) atoms. The average molecular weight is 393 g/mol. The molecule has 0 aliphatic carbocycles. The molecule has 9 nitrogen and oxygen atoms in total. The first-order chi connectivity index (χ1) is 13.5. The molecule has 1 aliphatic heterocycles. The summed E-state index contributed by atoms with van der Waals surface area (Å²) in [6.45, 7) is 1.80. The van der Waals surface area contributed by atoms with Crippen LogP contribution in [0, 0.1) is 0 Å². The Bertz CT molecular complexity index is 770. The molecule has 1 saturated heterocycles. The van der Waals surface area contributed by atoms with E-state index >= 15 is 0 Å². The van der Waals surface area contributed by atoms with Crippen LogP contribution >= 0.6 is 0 Å². The van der Waals surface area contributed by atoms with E-state index in [4.69, 9.17) is 10.5 Å². The van der Waals surface area contributed by atoms with Crippen molar-refractivity contribution in [1.29, 1.82) is 0 Å². The summed E-state index contributed by atoms with van der Waals surface area (Å²) in [5, 5.41) is 30.8. The zero-order valence-corrected chi connectivity index (χ0v) is 16.4. The molecule has 0 unspecified atom stereocenters. The van der Waals surface area contributed by atoms with Crippen molar-refractivity contribution in [1.82, 2.24) is 19.5 Å². The van der Waals surface area contributed by atoms with Gasteiger partial charge in [0.15, 0.2) is 17.2 Å². The van der Waals surface area contributed by atoms with Crippen LogP contribution in [0.4, 0.5) is 5.82 Å². The largest absolute Gasteiger partial charge is 0.394 e. The van der Waals surface area contributed by atoms with Crippen molar-refractivity contribution >= 4 is 17.0 Å². The Labute approximate surface area is 164 Å². The van der Waals surface area contributed by atoms with Gasteiger partial charge in [-0.3, -0.25) is 4.57 Å². The Hall–Kier alpha value is -1.81. The molecule has 0 bridgehead atoms. The molecule has 5 N–H and O–H groups in total. The van der Waals surface area contributed by atoms with E-state index in [0.717, 1.165) is 19.3 Å². The quantitative estimate of drug-likeness (QED) is 0.443. The van der Waals surface area contributed by atoms with Crippen LogP contribution in [0.25, 0.3) is 11.2 Å². The van der Waals surface area contributed by atoms with Crippen molar-refractivity contribution in [3.05, 3.63) is 12.7 Å². The Morgan fingerprint density at radius 1 is 1.11 bits per heavy atom. The molecule has 2 aromatic rings. The van der Waals surface area contributed by atoms with Crippen LogP contribution in [0.3, 0.4) is 0 Å². The van der Waals surface area contributed by atoms with Crippen LogP contribution in [-0.4, -0.2) is 59.8 Å². The molecule has 3 rings (SSSR count). The minimum absolute atomic E-state index is 0.238. The Balaban J connectivity index is 1.83. The van der Waals surface area contributed by atoms with Crippen LogP contribution in [0.2, 0.25) is 0 Å². The van der Waals surface area contributed by atoms with Gasteiger partial charge in [0.2, 0.25) is 0 Å². The monoisotopic (exact) mass is 393 g/mol. The first kappa shape index (κ1) is 20.9. The number of imidazole rings is 1. The maximum absolute atomic E-state index is 10.9. The summed E-state index contributed by atoms with van der Waals surface area (Å²) in [7, 11) is 0. The number of hydrogen-bond acceptors (Lipinski definition) is 8. The van der Waals surface area contributed by atoms with Crippen LogP contribution in [0.1, 0.15) is 58.3 Å². The molecule has 3 heterocycles. The van der Waals surface area contributed by atoms with Crippen LogP contribution < -0.4 is 5.73 Å². The topological polar surface area (TPSA) is 140 Å². The van der Waals surface area contributed by atoms with Gasteiger partial charge in [-0.25, -0.2) is 15.0 Å². The summed E-state index contributed by atoms with van der Waals surface area (Å²) in [6, 6.07) is 0. The van der Waals surface area contributed by atoms with Crippen molar-refractivity contribution in [3.63, 3.8) is 0 Å². The first-order valence-electron chi connectivity index (χ1n) is 10.1. The lowest BCUT2D eigenvalue weighted by Crippen LogP contribution is -2.45. The van der Waals surface area contributed by atoms with Crippen molar-refractivity contribution < 1.29 is 20.1 Å². The number of hydrogen-bond donors (Lipinski definition) is 4. The lowest BCUT2D eigenvalue weighted by molar-refractivity contribution is -0.151. The average Bonchev–Trinajstić information content (AvgIpc) is 3.24. The third-order valence-corrected chi connectivity index (χ3v) is 5.61. The minimum atomic E-state index is -1.26. The van der Waals surface area contributed by atoms with Gasteiger partial charge in [-0.1, -0.05) is 45.4 Å². The van der Waals surface area contributed by atoms with Crippen molar-refractivity contribution in [3.8, 4) is 0 Å². The molecular formula is C19H31N5O4. The fraction of sp³-hybridized carbons (Fsp3) is 0.737. The number of aliphatic hydroxyl groups excluding tert-OH is 3. The molecule has 0 amide bonds. The molecule has 0 aromatic carbocycles. The van der Waals surface area contributed by atoms with Gasteiger partial charge in [0.05, 0.1) is 12.9 Å². The van der Waals surface area contributed by atoms with E-state index in [2.05, 4.69) is 21.9 Å². The third-order valence-electron chi connectivity index (χ3n) is 5.61. The number of aliphatic hydroxyl groups is 3. The highest BCUT2D eigenvalue weighted by Crippen LogP contribution is 2.41. The van der Waals surface area contributed by atoms with Gasteiger partial charge < -0.3 is 25.8 Å². The van der Waals surface area contributed by atoms with Crippen molar-refractivity contribution in [2.45, 2.75) is 82.3 Å². The van der Waals surface area contributed by atoms with Crippen LogP contribution in [0.15, 0.2) is 12.7 Å². The van der Waals surface area contributed by atoms with E-state index in [1.54, 1.807) is 4.57 Å².